The molecule has 3 N–H and O–H groups in total. The first-order valence-electron chi connectivity index (χ1n) is 4.37. The maximum absolute atomic E-state index is 10.2. The van der Waals surface area contributed by atoms with E-state index in [-0.39, 0.29) is 12.5 Å². The smallest absolute Gasteiger partial charge is 0.119 e. The Labute approximate surface area is 91.5 Å². The maximum atomic E-state index is 10.2. The molecule has 78 valence electrons. The zero-order chi connectivity index (χ0) is 10.6. The van der Waals surface area contributed by atoms with E-state index in [1.807, 2.05) is 12.1 Å². The Kier molecular flexibility index (Phi) is 4.38. The molecule has 0 saturated carbocycles. The van der Waals surface area contributed by atoms with E-state index in [0.717, 1.165) is 15.6 Å². The molecule has 0 bridgehead atoms. The molecule has 0 fully saturated rings. The van der Waals surface area contributed by atoms with Crippen LogP contribution in [0, 0.1) is 0 Å². The van der Waals surface area contributed by atoms with Crippen molar-refractivity contribution in [2.24, 2.45) is 0 Å². The molecule has 14 heavy (non-hydrogen) atoms. The van der Waals surface area contributed by atoms with Crippen LogP contribution >= 0.6 is 22.9 Å². The van der Waals surface area contributed by atoms with Crippen molar-refractivity contribution in [1.82, 2.24) is 0 Å². The minimum Gasteiger partial charge on any atom is -0.550 e. The monoisotopic (exact) mass is 233 g/mol. The number of hydrogen-bond acceptors (Lipinski definition) is 3. The van der Waals surface area contributed by atoms with Gasteiger partial charge in [0, 0.05) is 12.4 Å². The summed E-state index contributed by atoms with van der Waals surface area (Å²) in [5.74, 6) is -0.999. The predicted octanol–water partition coefficient (Wildman–Crippen LogP) is 0.605. The quantitative estimate of drug-likeness (QED) is 0.810. The van der Waals surface area contributed by atoms with E-state index in [0.29, 0.717) is 6.42 Å². The molecule has 1 aromatic heterocycles. The van der Waals surface area contributed by atoms with Gasteiger partial charge in [-0.2, -0.15) is 0 Å². The van der Waals surface area contributed by atoms with Crippen LogP contribution in [0.3, 0.4) is 0 Å². The highest BCUT2D eigenvalue weighted by Gasteiger charge is 2.11. The van der Waals surface area contributed by atoms with Gasteiger partial charge in [-0.05, 0) is 25.0 Å². The Morgan fingerprint density at radius 3 is 2.86 bits per heavy atom. The highest BCUT2D eigenvalue weighted by Crippen LogP contribution is 2.27. The number of carboxylic acid groups (broad SMARTS) is 1. The Morgan fingerprint density at radius 1 is 1.64 bits per heavy atom. The highest BCUT2D eigenvalue weighted by molar-refractivity contribution is 7.16. The standard InChI is InChI=1S/C9H12ClNO2S/c10-8-5-4-7(14-8)6(11)2-1-3-9(12)13/h4-6H,1-3,11H2,(H,12,13)/t6-/m1/s1. The minimum atomic E-state index is -0.999. The van der Waals surface area contributed by atoms with Crippen molar-refractivity contribution >= 4 is 28.9 Å². The summed E-state index contributed by atoms with van der Waals surface area (Å²) in [7, 11) is 0. The molecule has 0 radical (unpaired) electrons. The summed E-state index contributed by atoms with van der Waals surface area (Å²) in [6, 6.07) is 3.90. The number of hydrogen-bond donors (Lipinski definition) is 1. The number of quaternary nitrogens is 1. The molecule has 0 amide bonds. The number of carbonyl (C=O) groups is 1. The molecule has 0 aromatic carbocycles. The molecular weight excluding hydrogens is 222 g/mol. The fourth-order valence-corrected chi connectivity index (χ4v) is 2.29. The predicted molar refractivity (Wildman–Crippen MR) is 53.8 cm³/mol. The molecule has 1 aromatic rings. The summed E-state index contributed by atoms with van der Waals surface area (Å²) >= 11 is 7.27. The van der Waals surface area contributed by atoms with E-state index in [9.17, 15) is 9.90 Å². The van der Waals surface area contributed by atoms with Gasteiger partial charge in [0.2, 0.25) is 0 Å². The molecule has 0 spiro atoms. The largest absolute Gasteiger partial charge is 0.550 e. The summed E-state index contributed by atoms with van der Waals surface area (Å²) in [6.07, 6.45) is 1.46. The van der Waals surface area contributed by atoms with Gasteiger partial charge in [-0.25, -0.2) is 0 Å². The van der Waals surface area contributed by atoms with Crippen molar-refractivity contribution in [2.45, 2.75) is 25.3 Å². The summed E-state index contributed by atoms with van der Waals surface area (Å²) < 4.78 is 0.744. The fraction of sp³-hybridized carbons (Fsp3) is 0.444. The lowest BCUT2D eigenvalue weighted by Gasteiger charge is -2.06. The lowest BCUT2D eigenvalue weighted by atomic mass is 10.1. The van der Waals surface area contributed by atoms with Gasteiger partial charge in [-0.1, -0.05) is 11.6 Å². The van der Waals surface area contributed by atoms with Crippen LogP contribution in [0.25, 0.3) is 0 Å². The molecule has 0 unspecified atom stereocenters. The maximum Gasteiger partial charge on any atom is 0.119 e. The molecule has 1 heterocycles. The van der Waals surface area contributed by atoms with Gasteiger partial charge < -0.3 is 15.6 Å². The lowest BCUT2D eigenvalue weighted by molar-refractivity contribution is -0.427. The third kappa shape index (κ3) is 3.65. The summed E-state index contributed by atoms with van der Waals surface area (Å²) in [5, 5.41) is 10.2. The Morgan fingerprint density at radius 2 is 2.36 bits per heavy atom. The van der Waals surface area contributed by atoms with Gasteiger partial charge in [0.15, 0.2) is 0 Å². The minimum absolute atomic E-state index is 0.102. The first-order chi connectivity index (χ1) is 6.59. The topological polar surface area (TPSA) is 67.8 Å². The van der Waals surface area contributed by atoms with Gasteiger partial charge in [0.25, 0.3) is 0 Å². The second-order valence-electron chi connectivity index (χ2n) is 3.10. The third-order valence-electron chi connectivity index (χ3n) is 1.93. The van der Waals surface area contributed by atoms with E-state index < -0.39 is 5.97 Å². The van der Waals surface area contributed by atoms with Gasteiger partial charge in [0.05, 0.1) is 9.21 Å². The van der Waals surface area contributed by atoms with Crippen LogP contribution in [-0.2, 0) is 4.79 Å². The van der Waals surface area contributed by atoms with Crippen LogP contribution in [0.1, 0.15) is 30.2 Å². The van der Waals surface area contributed by atoms with Crippen LogP contribution in [-0.4, -0.2) is 5.97 Å². The first-order valence-corrected chi connectivity index (χ1v) is 5.57. The molecule has 0 aliphatic rings. The van der Waals surface area contributed by atoms with Crippen molar-refractivity contribution < 1.29 is 15.6 Å². The highest BCUT2D eigenvalue weighted by atomic mass is 35.5. The molecule has 1 rings (SSSR count). The summed E-state index contributed by atoms with van der Waals surface area (Å²) in [4.78, 5) is 11.3. The van der Waals surface area contributed by atoms with Gasteiger partial charge in [-0.3, -0.25) is 0 Å². The number of carboxylic acids is 1. The number of rotatable bonds is 5. The number of thiophene rings is 1. The second kappa shape index (κ2) is 5.34. The Balaban J connectivity index is 2.35. The fourth-order valence-electron chi connectivity index (χ4n) is 1.18. The third-order valence-corrected chi connectivity index (χ3v) is 3.32. The van der Waals surface area contributed by atoms with Gasteiger partial charge >= 0.3 is 0 Å². The van der Waals surface area contributed by atoms with Gasteiger partial charge in [-0.15, -0.1) is 11.3 Å². The van der Waals surface area contributed by atoms with E-state index in [4.69, 9.17) is 11.6 Å². The lowest BCUT2D eigenvalue weighted by Crippen LogP contribution is -2.53. The van der Waals surface area contributed by atoms with Crippen molar-refractivity contribution in [3.63, 3.8) is 0 Å². The molecule has 0 aliphatic heterocycles. The molecule has 1 atom stereocenters. The number of halogens is 1. The van der Waals surface area contributed by atoms with Crippen LogP contribution in [0.4, 0.5) is 0 Å². The van der Waals surface area contributed by atoms with Crippen molar-refractivity contribution in [2.75, 3.05) is 0 Å². The van der Waals surface area contributed by atoms with Crippen LogP contribution in [0.2, 0.25) is 4.34 Å². The van der Waals surface area contributed by atoms with Crippen LogP contribution in [0.5, 0.6) is 0 Å². The zero-order valence-corrected chi connectivity index (χ0v) is 9.24. The molecule has 0 aliphatic carbocycles. The summed E-state index contributed by atoms with van der Waals surface area (Å²) in [6.45, 7) is 0. The Bertz CT molecular complexity index is 314. The molecule has 0 saturated heterocycles. The molecular formula is C9H12ClNO2S. The van der Waals surface area contributed by atoms with E-state index in [2.05, 4.69) is 5.73 Å². The average Bonchev–Trinajstić information content (AvgIpc) is 2.51. The SMILES string of the molecule is [NH3+][C@H](CCCC(=O)[O-])c1ccc(Cl)s1. The first kappa shape index (κ1) is 11.5. The van der Waals surface area contributed by atoms with Crippen LogP contribution < -0.4 is 10.8 Å². The van der Waals surface area contributed by atoms with Crippen molar-refractivity contribution in [3.8, 4) is 0 Å². The average molecular weight is 234 g/mol. The zero-order valence-electron chi connectivity index (χ0n) is 7.66. The van der Waals surface area contributed by atoms with E-state index in [1.54, 1.807) is 0 Å². The van der Waals surface area contributed by atoms with Crippen molar-refractivity contribution in [1.29, 1.82) is 0 Å². The number of aliphatic carboxylic acids is 1. The molecule has 5 heteroatoms. The van der Waals surface area contributed by atoms with Gasteiger partial charge in [0.1, 0.15) is 6.04 Å². The van der Waals surface area contributed by atoms with E-state index in [1.165, 1.54) is 11.3 Å². The Hall–Kier alpha value is -0.580. The second-order valence-corrected chi connectivity index (χ2v) is 4.85. The van der Waals surface area contributed by atoms with E-state index >= 15 is 0 Å². The van der Waals surface area contributed by atoms with Crippen molar-refractivity contribution in [3.05, 3.63) is 21.3 Å². The molecule has 3 nitrogen and oxygen atoms in total. The van der Waals surface area contributed by atoms with Crippen LogP contribution in [0.15, 0.2) is 12.1 Å². The normalized spacial score (nSPS) is 12.7. The number of carbonyl (C=O) groups excluding carboxylic acids is 1. The summed E-state index contributed by atoms with van der Waals surface area (Å²) in [5.41, 5.74) is 3.96.